The number of nitrogens with zero attached hydrogens (tertiary/aromatic N) is 2. The topological polar surface area (TPSA) is 75.0 Å². The van der Waals surface area contributed by atoms with E-state index in [2.05, 4.69) is 10.3 Å². The first-order chi connectivity index (χ1) is 9.60. The number of aryl methyl sites for hydroxylation is 2. The summed E-state index contributed by atoms with van der Waals surface area (Å²) in [6, 6.07) is 8.80. The fraction of sp³-hybridized carbons (Fsp3) is 0.214. The van der Waals surface area contributed by atoms with E-state index >= 15 is 0 Å². The molecule has 0 saturated heterocycles. The molecule has 0 aliphatic rings. The number of nitriles is 1. The van der Waals surface area contributed by atoms with Gasteiger partial charge in [0.15, 0.2) is 11.7 Å². The van der Waals surface area contributed by atoms with Crippen LogP contribution in [-0.4, -0.2) is 17.5 Å². The molecule has 1 heterocycles. The highest BCUT2D eigenvalue weighted by molar-refractivity contribution is 7.15. The van der Waals surface area contributed by atoms with Crippen molar-refractivity contribution in [3.05, 3.63) is 40.4 Å². The second-order valence-electron chi connectivity index (χ2n) is 4.11. The Morgan fingerprint density at radius 3 is 2.85 bits per heavy atom. The molecular formula is C14H13N3O2S. The lowest BCUT2D eigenvalue weighted by Crippen LogP contribution is -2.20. The maximum Gasteiger partial charge on any atom is 0.264 e. The molecule has 6 heteroatoms. The van der Waals surface area contributed by atoms with Crippen molar-refractivity contribution in [2.75, 3.05) is 11.9 Å². The van der Waals surface area contributed by atoms with Crippen molar-refractivity contribution >= 4 is 22.4 Å². The van der Waals surface area contributed by atoms with Gasteiger partial charge in [0.1, 0.15) is 11.8 Å². The standard InChI is InChI=1S/C14H13N3O2S/c1-9-10(2)20-14(16-9)17-13(18)8-19-12-6-4-3-5-11(12)7-15/h3-6H,8H2,1-2H3,(H,16,17,18). The van der Waals surface area contributed by atoms with Gasteiger partial charge >= 0.3 is 0 Å². The van der Waals surface area contributed by atoms with Gasteiger partial charge < -0.3 is 4.74 Å². The maximum atomic E-state index is 11.8. The number of thiazole rings is 1. The minimum absolute atomic E-state index is 0.156. The molecule has 20 heavy (non-hydrogen) atoms. The molecule has 0 fully saturated rings. The number of rotatable bonds is 4. The lowest BCUT2D eigenvalue weighted by Gasteiger charge is -2.06. The van der Waals surface area contributed by atoms with Crippen LogP contribution in [0.5, 0.6) is 5.75 Å². The number of amides is 1. The number of hydrogen-bond acceptors (Lipinski definition) is 5. The second-order valence-corrected chi connectivity index (χ2v) is 5.31. The summed E-state index contributed by atoms with van der Waals surface area (Å²) < 4.78 is 5.34. The van der Waals surface area contributed by atoms with Gasteiger partial charge in [-0.2, -0.15) is 5.26 Å². The number of benzene rings is 1. The third kappa shape index (κ3) is 3.33. The SMILES string of the molecule is Cc1nc(NC(=O)COc2ccccc2C#N)sc1C. The van der Waals surface area contributed by atoms with Gasteiger partial charge in [0.05, 0.1) is 11.3 Å². The molecule has 1 amide bonds. The van der Waals surface area contributed by atoms with Gasteiger partial charge in [0, 0.05) is 4.88 Å². The van der Waals surface area contributed by atoms with Crippen molar-refractivity contribution < 1.29 is 9.53 Å². The summed E-state index contributed by atoms with van der Waals surface area (Å²) in [6.45, 7) is 3.68. The first-order valence-electron chi connectivity index (χ1n) is 5.96. The average molecular weight is 287 g/mol. The monoisotopic (exact) mass is 287 g/mol. The number of para-hydroxylation sites is 1. The van der Waals surface area contributed by atoms with Gasteiger partial charge in [0.2, 0.25) is 0 Å². The molecule has 2 aromatic rings. The van der Waals surface area contributed by atoms with E-state index in [1.165, 1.54) is 11.3 Å². The molecule has 1 aromatic heterocycles. The summed E-state index contributed by atoms with van der Waals surface area (Å²) in [7, 11) is 0. The summed E-state index contributed by atoms with van der Waals surface area (Å²) in [5.41, 5.74) is 1.31. The van der Waals surface area contributed by atoms with Gasteiger partial charge in [-0.05, 0) is 26.0 Å². The van der Waals surface area contributed by atoms with Crippen molar-refractivity contribution in [1.82, 2.24) is 4.98 Å². The van der Waals surface area contributed by atoms with Gasteiger partial charge in [0.25, 0.3) is 5.91 Å². The average Bonchev–Trinajstić information content (AvgIpc) is 2.75. The highest BCUT2D eigenvalue weighted by atomic mass is 32.1. The van der Waals surface area contributed by atoms with Crippen LogP contribution < -0.4 is 10.1 Å². The molecule has 0 spiro atoms. The lowest BCUT2D eigenvalue weighted by atomic mass is 10.2. The number of nitrogens with one attached hydrogen (secondary N) is 1. The van der Waals surface area contributed by atoms with E-state index in [0.717, 1.165) is 10.6 Å². The molecule has 0 aliphatic carbocycles. The highest BCUT2D eigenvalue weighted by Crippen LogP contribution is 2.21. The minimum atomic E-state index is -0.300. The van der Waals surface area contributed by atoms with Gasteiger partial charge in [-0.3, -0.25) is 10.1 Å². The lowest BCUT2D eigenvalue weighted by molar-refractivity contribution is -0.118. The summed E-state index contributed by atoms with van der Waals surface area (Å²) in [5.74, 6) is 0.100. The third-order valence-electron chi connectivity index (χ3n) is 2.64. The Labute approximate surface area is 120 Å². The zero-order valence-electron chi connectivity index (χ0n) is 11.1. The van der Waals surface area contributed by atoms with Crippen LogP contribution in [0.15, 0.2) is 24.3 Å². The third-order valence-corrected chi connectivity index (χ3v) is 3.63. The van der Waals surface area contributed by atoms with Crippen LogP contribution in [-0.2, 0) is 4.79 Å². The summed E-state index contributed by atoms with van der Waals surface area (Å²) in [5, 5.41) is 12.1. The Balaban J connectivity index is 1.94. The van der Waals surface area contributed by atoms with Crippen LogP contribution in [0.3, 0.4) is 0 Å². The number of carbonyl (C=O) groups excluding carboxylic acids is 1. The fourth-order valence-electron chi connectivity index (χ4n) is 1.51. The molecule has 2 rings (SSSR count). The molecule has 0 unspecified atom stereocenters. The highest BCUT2D eigenvalue weighted by Gasteiger charge is 2.09. The zero-order valence-corrected chi connectivity index (χ0v) is 12.0. The summed E-state index contributed by atoms with van der Waals surface area (Å²) >= 11 is 1.42. The molecule has 0 bridgehead atoms. The van der Waals surface area contributed by atoms with E-state index < -0.39 is 0 Å². The van der Waals surface area contributed by atoms with Gasteiger partial charge in [-0.1, -0.05) is 12.1 Å². The Bertz CT molecular complexity index is 654. The van der Waals surface area contributed by atoms with Crippen LogP contribution in [0.1, 0.15) is 16.1 Å². The van der Waals surface area contributed by atoms with Gasteiger partial charge in [-0.15, -0.1) is 11.3 Å². The van der Waals surface area contributed by atoms with Crippen molar-refractivity contribution in [3.63, 3.8) is 0 Å². The molecule has 0 aliphatic heterocycles. The Morgan fingerprint density at radius 1 is 1.45 bits per heavy atom. The molecule has 0 radical (unpaired) electrons. The second kappa shape index (κ2) is 6.17. The van der Waals surface area contributed by atoms with Crippen LogP contribution in [0.25, 0.3) is 0 Å². The predicted molar refractivity (Wildman–Crippen MR) is 76.9 cm³/mol. The quantitative estimate of drug-likeness (QED) is 0.938. The van der Waals surface area contributed by atoms with Crippen LogP contribution in [0.4, 0.5) is 5.13 Å². The summed E-state index contributed by atoms with van der Waals surface area (Å²) in [4.78, 5) is 17.0. The Hall–Kier alpha value is -2.39. The number of anilines is 1. The minimum Gasteiger partial charge on any atom is -0.482 e. The smallest absolute Gasteiger partial charge is 0.264 e. The fourth-order valence-corrected chi connectivity index (χ4v) is 2.34. The number of aromatic nitrogens is 1. The maximum absolute atomic E-state index is 11.8. The molecule has 102 valence electrons. The first kappa shape index (κ1) is 14.0. The van der Waals surface area contributed by atoms with E-state index in [9.17, 15) is 4.79 Å². The Morgan fingerprint density at radius 2 is 2.20 bits per heavy atom. The molecular weight excluding hydrogens is 274 g/mol. The normalized spacial score (nSPS) is 9.85. The largest absolute Gasteiger partial charge is 0.482 e. The van der Waals surface area contributed by atoms with Crippen molar-refractivity contribution in [2.24, 2.45) is 0 Å². The van der Waals surface area contributed by atoms with Crippen LogP contribution in [0, 0.1) is 25.2 Å². The molecule has 5 nitrogen and oxygen atoms in total. The number of ether oxygens (including phenoxy) is 1. The van der Waals surface area contributed by atoms with Crippen molar-refractivity contribution in [3.8, 4) is 11.8 Å². The zero-order chi connectivity index (χ0) is 14.5. The molecule has 0 atom stereocenters. The number of carbonyl (C=O) groups is 1. The predicted octanol–water partition coefficient (Wildman–Crippen LogP) is 2.65. The van der Waals surface area contributed by atoms with Crippen molar-refractivity contribution in [1.29, 1.82) is 5.26 Å². The van der Waals surface area contributed by atoms with E-state index in [-0.39, 0.29) is 12.5 Å². The molecule has 1 aromatic carbocycles. The van der Waals surface area contributed by atoms with E-state index in [4.69, 9.17) is 10.00 Å². The van der Waals surface area contributed by atoms with E-state index in [1.54, 1.807) is 24.3 Å². The van der Waals surface area contributed by atoms with Crippen LogP contribution >= 0.6 is 11.3 Å². The van der Waals surface area contributed by atoms with E-state index in [0.29, 0.717) is 16.4 Å². The Kier molecular flexibility index (Phi) is 4.33. The first-order valence-corrected chi connectivity index (χ1v) is 6.77. The van der Waals surface area contributed by atoms with Crippen molar-refractivity contribution in [2.45, 2.75) is 13.8 Å². The molecule has 1 N–H and O–H groups in total. The number of hydrogen-bond donors (Lipinski definition) is 1. The summed E-state index contributed by atoms with van der Waals surface area (Å²) in [6.07, 6.45) is 0. The van der Waals surface area contributed by atoms with Gasteiger partial charge in [-0.25, -0.2) is 4.98 Å². The molecule has 0 saturated carbocycles. The van der Waals surface area contributed by atoms with E-state index in [1.807, 2.05) is 19.9 Å². The van der Waals surface area contributed by atoms with Crippen LogP contribution in [0.2, 0.25) is 0 Å².